The predicted octanol–water partition coefficient (Wildman–Crippen LogP) is 7.91. The van der Waals surface area contributed by atoms with Crippen molar-refractivity contribution < 1.29 is 41.4 Å². The number of aryl methyl sites for hydroxylation is 2. The molecule has 0 aliphatic heterocycles. The minimum Gasteiger partial charge on any atom is -0.481 e. The first-order chi connectivity index (χ1) is 19.0. The summed E-state index contributed by atoms with van der Waals surface area (Å²) in [5.41, 5.74) is 0.0855. The monoisotopic (exact) mass is 576 g/mol. The number of hydrogen-bond acceptors (Lipinski definition) is 2. The van der Waals surface area contributed by atoms with E-state index in [1.807, 2.05) is 51.0 Å². The molecule has 0 aliphatic carbocycles. The second-order valence-corrected chi connectivity index (χ2v) is 10.1. The molecule has 0 fully saturated rings. The third-order valence-electron chi connectivity index (χ3n) is 7.58. The van der Waals surface area contributed by atoms with Crippen LogP contribution in [0.3, 0.4) is 0 Å². The van der Waals surface area contributed by atoms with Gasteiger partial charge < -0.3 is 10.2 Å². The Bertz CT molecular complexity index is 1460. The van der Waals surface area contributed by atoms with E-state index < -0.39 is 29.3 Å². The molecule has 2 N–H and O–H groups in total. The number of benzene rings is 3. The molecule has 3 rings (SSSR count). The molecule has 0 amide bonds. The van der Waals surface area contributed by atoms with Gasteiger partial charge in [0, 0.05) is 11.0 Å². The Balaban J connectivity index is 2.01. The minimum atomic E-state index is -6.02. The second-order valence-electron chi connectivity index (χ2n) is 10.1. The SMILES string of the molecule is CCC(CC)(c1ccc(C#CC(O)(C(F)(F)F)C(F)(F)F)c(C)c1)c1ccc(-c2ccc(CC(=O)O)cc2)c(C)c1. The van der Waals surface area contributed by atoms with Gasteiger partial charge in [-0.05, 0) is 77.6 Å². The third kappa shape index (κ3) is 6.28. The largest absolute Gasteiger partial charge is 0.481 e. The Hall–Kier alpha value is -3.77. The maximum absolute atomic E-state index is 13.0. The summed E-state index contributed by atoms with van der Waals surface area (Å²) in [6, 6.07) is 18.1. The van der Waals surface area contributed by atoms with Crippen LogP contribution in [0.5, 0.6) is 0 Å². The first-order valence-corrected chi connectivity index (χ1v) is 12.9. The molecule has 0 saturated carbocycles. The molecule has 0 spiro atoms. The molecular formula is C32H30F6O3. The highest BCUT2D eigenvalue weighted by Crippen LogP contribution is 2.43. The van der Waals surface area contributed by atoms with Crippen molar-refractivity contribution >= 4 is 5.97 Å². The van der Waals surface area contributed by atoms with Crippen LogP contribution in [0.2, 0.25) is 0 Å². The number of aliphatic hydroxyl groups is 1. The van der Waals surface area contributed by atoms with Crippen molar-refractivity contribution in [2.24, 2.45) is 0 Å². The summed E-state index contributed by atoms with van der Waals surface area (Å²) < 4.78 is 78.3. The van der Waals surface area contributed by atoms with E-state index in [0.29, 0.717) is 24.0 Å². The fraction of sp³-hybridized carbons (Fsp3) is 0.344. The van der Waals surface area contributed by atoms with Crippen LogP contribution in [0.1, 0.15) is 60.1 Å². The number of carboxylic acid groups (broad SMARTS) is 1. The quantitative estimate of drug-likeness (QED) is 0.222. The Morgan fingerprint density at radius 3 is 1.73 bits per heavy atom. The first-order valence-electron chi connectivity index (χ1n) is 12.9. The minimum absolute atomic E-state index is 0.0559. The van der Waals surface area contributed by atoms with Gasteiger partial charge in [0.05, 0.1) is 6.42 Å². The molecular weight excluding hydrogens is 546 g/mol. The summed E-state index contributed by atoms with van der Waals surface area (Å²) in [7, 11) is 0. The number of halogens is 6. The molecule has 218 valence electrons. The standard InChI is InChI=1S/C32H30F6O3/c1-5-29(6-2,26-13-14-27(21(4)18-26)24-9-7-22(8-10-24)19-28(39)40)25-12-11-23(20(3)17-25)15-16-30(41,31(33,34)35)32(36,37)38/h7-14,17-18,41H,5-6,19H2,1-4H3,(H,39,40). The first kappa shape index (κ1) is 31.8. The van der Waals surface area contributed by atoms with Gasteiger partial charge in [-0.3, -0.25) is 4.79 Å². The summed E-state index contributed by atoms with van der Waals surface area (Å²) in [5, 5.41) is 18.4. The van der Waals surface area contributed by atoms with Crippen LogP contribution >= 0.6 is 0 Å². The zero-order valence-corrected chi connectivity index (χ0v) is 23.0. The third-order valence-corrected chi connectivity index (χ3v) is 7.58. The second kappa shape index (κ2) is 11.6. The molecule has 0 bridgehead atoms. The van der Waals surface area contributed by atoms with Gasteiger partial charge in [0.25, 0.3) is 0 Å². The molecule has 0 heterocycles. The van der Waals surface area contributed by atoms with E-state index in [2.05, 4.69) is 6.07 Å². The lowest BCUT2D eigenvalue weighted by molar-refractivity contribution is -0.343. The summed E-state index contributed by atoms with van der Waals surface area (Å²) in [6.07, 6.45) is -10.8. The number of carbonyl (C=O) groups is 1. The topological polar surface area (TPSA) is 57.5 Å². The highest BCUT2D eigenvalue weighted by atomic mass is 19.4. The number of alkyl halides is 6. The van der Waals surface area contributed by atoms with Crippen molar-refractivity contribution in [2.75, 3.05) is 0 Å². The smallest absolute Gasteiger partial charge is 0.438 e. The molecule has 3 aromatic carbocycles. The van der Waals surface area contributed by atoms with E-state index in [1.165, 1.54) is 6.07 Å². The molecule has 0 aromatic heterocycles. The van der Waals surface area contributed by atoms with E-state index in [0.717, 1.165) is 33.7 Å². The predicted molar refractivity (Wildman–Crippen MR) is 144 cm³/mol. The van der Waals surface area contributed by atoms with E-state index in [9.17, 15) is 36.2 Å². The summed E-state index contributed by atoms with van der Waals surface area (Å²) in [4.78, 5) is 11.0. The van der Waals surface area contributed by atoms with Crippen LogP contribution in [0, 0.1) is 25.7 Å². The molecule has 41 heavy (non-hydrogen) atoms. The maximum atomic E-state index is 13.0. The highest BCUT2D eigenvalue weighted by Gasteiger charge is 2.70. The number of carboxylic acids is 1. The van der Waals surface area contributed by atoms with Gasteiger partial charge in [0.1, 0.15) is 0 Å². The molecule has 9 heteroatoms. The van der Waals surface area contributed by atoms with Crippen LogP contribution < -0.4 is 0 Å². The van der Waals surface area contributed by atoms with E-state index >= 15 is 0 Å². The fourth-order valence-corrected chi connectivity index (χ4v) is 5.06. The van der Waals surface area contributed by atoms with Crippen molar-refractivity contribution in [3.8, 4) is 23.0 Å². The van der Waals surface area contributed by atoms with Crippen molar-refractivity contribution in [2.45, 2.75) is 70.3 Å². The zero-order valence-electron chi connectivity index (χ0n) is 23.0. The molecule has 3 aromatic rings. The average molecular weight is 577 g/mol. The van der Waals surface area contributed by atoms with E-state index in [1.54, 1.807) is 31.2 Å². The van der Waals surface area contributed by atoms with Crippen LogP contribution in [-0.4, -0.2) is 34.1 Å². The van der Waals surface area contributed by atoms with Crippen molar-refractivity contribution in [3.05, 3.63) is 94.0 Å². The van der Waals surface area contributed by atoms with Crippen molar-refractivity contribution in [1.29, 1.82) is 0 Å². The van der Waals surface area contributed by atoms with Crippen LogP contribution in [0.25, 0.3) is 11.1 Å². The number of hydrogen-bond donors (Lipinski definition) is 2. The maximum Gasteiger partial charge on any atom is 0.438 e. The van der Waals surface area contributed by atoms with Gasteiger partial charge in [-0.15, -0.1) is 0 Å². The number of aliphatic carboxylic acids is 1. The lowest BCUT2D eigenvalue weighted by Crippen LogP contribution is -2.55. The summed E-state index contributed by atoms with van der Waals surface area (Å²) in [5.74, 6) is 2.01. The lowest BCUT2D eigenvalue weighted by atomic mass is 9.69. The number of rotatable bonds is 7. The van der Waals surface area contributed by atoms with Crippen LogP contribution in [-0.2, 0) is 16.6 Å². The lowest BCUT2D eigenvalue weighted by Gasteiger charge is -2.34. The van der Waals surface area contributed by atoms with Crippen LogP contribution in [0.15, 0.2) is 60.7 Å². The van der Waals surface area contributed by atoms with Gasteiger partial charge in [-0.1, -0.05) is 74.4 Å². The van der Waals surface area contributed by atoms with E-state index in [-0.39, 0.29) is 12.0 Å². The van der Waals surface area contributed by atoms with Gasteiger partial charge >= 0.3 is 23.9 Å². The highest BCUT2D eigenvalue weighted by molar-refractivity contribution is 5.72. The zero-order chi connectivity index (χ0) is 30.8. The normalized spacial score (nSPS) is 12.6. The Labute approximate surface area is 234 Å². The Morgan fingerprint density at radius 2 is 1.29 bits per heavy atom. The molecule has 0 unspecified atom stereocenters. The Kier molecular flexibility index (Phi) is 8.99. The van der Waals surface area contributed by atoms with Crippen LogP contribution in [0.4, 0.5) is 26.3 Å². The van der Waals surface area contributed by atoms with Gasteiger partial charge in [-0.25, -0.2) is 0 Å². The Morgan fingerprint density at radius 1 is 0.780 bits per heavy atom. The molecule has 0 atom stereocenters. The molecule has 0 saturated heterocycles. The van der Waals surface area contributed by atoms with Gasteiger partial charge in [-0.2, -0.15) is 26.3 Å². The fourth-order valence-electron chi connectivity index (χ4n) is 5.06. The molecule has 3 nitrogen and oxygen atoms in total. The summed E-state index contributed by atoms with van der Waals surface area (Å²) in [6.45, 7) is 7.52. The summed E-state index contributed by atoms with van der Waals surface area (Å²) >= 11 is 0. The van der Waals surface area contributed by atoms with Crippen molar-refractivity contribution in [1.82, 2.24) is 0 Å². The molecule has 0 aliphatic rings. The van der Waals surface area contributed by atoms with E-state index in [4.69, 9.17) is 5.11 Å². The van der Waals surface area contributed by atoms with Crippen molar-refractivity contribution in [3.63, 3.8) is 0 Å². The average Bonchev–Trinajstić information content (AvgIpc) is 2.88. The van der Waals surface area contributed by atoms with Gasteiger partial charge in [0.15, 0.2) is 0 Å². The molecule has 0 radical (unpaired) electrons. The van der Waals surface area contributed by atoms with Gasteiger partial charge in [0.2, 0.25) is 0 Å².